The largest absolute Gasteiger partial charge is 0.478 e. The Bertz CT molecular complexity index is 1300. The van der Waals surface area contributed by atoms with Gasteiger partial charge in [0.05, 0.1) is 16.8 Å². The first kappa shape index (κ1) is 17.5. The van der Waals surface area contributed by atoms with E-state index < -0.39 is 11.8 Å². The molecule has 3 nitrogen and oxygen atoms in total. The van der Waals surface area contributed by atoms with Crippen LogP contribution >= 0.6 is 0 Å². The second kappa shape index (κ2) is 6.48. The molecule has 0 saturated carbocycles. The predicted molar refractivity (Wildman–Crippen MR) is 107 cm³/mol. The fraction of sp³-hybridized carbons (Fsp3) is 0.0833. The quantitative estimate of drug-likeness (QED) is 0.484. The van der Waals surface area contributed by atoms with Crippen molar-refractivity contribution in [3.63, 3.8) is 0 Å². The molecule has 142 valence electrons. The third kappa shape index (κ3) is 2.78. The molecule has 0 unspecified atom stereocenters. The Hall–Kier alpha value is -3.60. The van der Waals surface area contributed by atoms with E-state index in [-0.39, 0.29) is 16.8 Å². The molecule has 5 rings (SSSR count). The van der Waals surface area contributed by atoms with Crippen LogP contribution in [0.3, 0.4) is 0 Å². The van der Waals surface area contributed by atoms with Gasteiger partial charge in [-0.15, -0.1) is 0 Å². The smallest absolute Gasteiger partial charge is 0.336 e. The first-order valence-corrected chi connectivity index (χ1v) is 9.26. The third-order valence-electron chi connectivity index (χ3n) is 5.44. The van der Waals surface area contributed by atoms with Gasteiger partial charge in [-0.25, -0.2) is 18.6 Å². The van der Waals surface area contributed by atoms with E-state index in [9.17, 15) is 18.7 Å². The lowest BCUT2D eigenvalue weighted by atomic mass is 9.83. The van der Waals surface area contributed by atoms with Gasteiger partial charge < -0.3 is 5.11 Å². The summed E-state index contributed by atoms with van der Waals surface area (Å²) in [7, 11) is 0. The second-order valence-corrected chi connectivity index (χ2v) is 7.14. The normalized spacial score (nSPS) is 12.5. The SMILES string of the molecule is O=C(O)c1c2c(nc3ccc(F)cc13)-c1cc(F)c(-c3ccccc3)cc1CC2. The molecule has 1 N–H and O–H groups in total. The summed E-state index contributed by atoms with van der Waals surface area (Å²) in [5, 5.41) is 10.1. The fourth-order valence-electron chi connectivity index (χ4n) is 4.13. The van der Waals surface area contributed by atoms with Crippen LogP contribution in [0.4, 0.5) is 8.78 Å². The van der Waals surface area contributed by atoms with Crippen molar-refractivity contribution < 1.29 is 18.7 Å². The van der Waals surface area contributed by atoms with Crippen LogP contribution in [-0.2, 0) is 12.8 Å². The van der Waals surface area contributed by atoms with Gasteiger partial charge in [-0.2, -0.15) is 0 Å². The average Bonchev–Trinajstić information content (AvgIpc) is 2.72. The second-order valence-electron chi connectivity index (χ2n) is 7.14. The zero-order valence-corrected chi connectivity index (χ0v) is 15.2. The lowest BCUT2D eigenvalue weighted by Gasteiger charge is -2.23. The highest BCUT2D eigenvalue weighted by Crippen LogP contribution is 2.39. The summed E-state index contributed by atoms with van der Waals surface area (Å²) in [6.07, 6.45) is 1.01. The predicted octanol–water partition coefficient (Wildman–Crippen LogP) is 5.64. The van der Waals surface area contributed by atoms with Crippen molar-refractivity contribution in [2.75, 3.05) is 0 Å². The first-order chi connectivity index (χ1) is 14.0. The van der Waals surface area contributed by atoms with Crippen LogP contribution < -0.4 is 0 Å². The number of fused-ring (bicyclic) bond motifs is 4. The summed E-state index contributed by atoms with van der Waals surface area (Å²) in [6, 6.07) is 16.4. The highest BCUT2D eigenvalue weighted by Gasteiger charge is 2.27. The Kier molecular flexibility index (Phi) is 3.91. The highest BCUT2D eigenvalue weighted by atomic mass is 19.1. The van der Waals surface area contributed by atoms with E-state index in [0.717, 1.165) is 11.1 Å². The van der Waals surface area contributed by atoms with Gasteiger partial charge in [0.15, 0.2) is 0 Å². The van der Waals surface area contributed by atoms with Gasteiger partial charge in [0.25, 0.3) is 0 Å². The molecule has 0 saturated heterocycles. The number of pyridine rings is 1. The Labute approximate surface area is 165 Å². The van der Waals surface area contributed by atoms with E-state index >= 15 is 0 Å². The summed E-state index contributed by atoms with van der Waals surface area (Å²) < 4.78 is 28.7. The van der Waals surface area contributed by atoms with Gasteiger partial charge in [-0.3, -0.25) is 0 Å². The van der Waals surface area contributed by atoms with Crippen molar-refractivity contribution in [2.45, 2.75) is 12.8 Å². The maximum absolute atomic E-state index is 15.0. The van der Waals surface area contributed by atoms with E-state index in [4.69, 9.17) is 0 Å². The van der Waals surface area contributed by atoms with Gasteiger partial charge in [0, 0.05) is 16.5 Å². The molecule has 0 fully saturated rings. The molecule has 0 radical (unpaired) electrons. The van der Waals surface area contributed by atoms with Crippen LogP contribution in [0, 0.1) is 11.6 Å². The van der Waals surface area contributed by atoms with Crippen LogP contribution in [0.2, 0.25) is 0 Å². The number of aromatic carboxylic acids is 1. The van der Waals surface area contributed by atoms with Gasteiger partial charge in [-0.05, 0) is 59.9 Å². The molecule has 3 aromatic carbocycles. The molecule has 5 heteroatoms. The van der Waals surface area contributed by atoms with Crippen LogP contribution in [-0.4, -0.2) is 16.1 Å². The number of aromatic nitrogens is 1. The number of rotatable bonds is 2. The lowest BCUT2D eigenvalue weighted by Crippen LogP contribution is -2.13. The summed E-state index contributed by atoms with van der Waals surface area (Å²) in [5.74, 6) is -2.04. The molecule has 1 aliphatic carbocycles. The Balaban J connectivity index is 1.78. The molecule has 0 bridgehead atoms. The van der Waals surface area contributed by atoms with Crippen molar-refractivity contribution in [1.29, 1.82) is 0 Å². The highest BCUT2D eigenvalue weighted by molar-refractivity contribution is 6.06. The topological polar surface area (TPSA) is 50.2 Å². The van der Waals surface area contributed by atoms with Crippen LogP contribution in [0.5, 0.6) is 0 Å². The fourth-order valence-corrected chi connectivity index (χ4v) is 4.13. The minimum absolute atomic E-state index is 0.0442. The van der Waals surface area contributed by atoms with E-state index in [2.05, 4.69) is 4.98 Å². The van der Waals surface area contributed by atoms with Gasteiger partial charge >= 0.3 is 5.97 Å². The van der Waals surface area contributed by atoms with Crippen molar-refractivity contribution in [3.05, 3.63) is 89.0 Å². The van der Waals surface area contributed by atoms with Gasteiger partial charge in [0.1, 0.15) is 11.6 Å². The molecule has 0 spiro atoms. The maximum Gasteiger partial charge on any atom is 0.336 e. The molecule has 1 aliphatic rings. The molecule has 1 aromatic heterocycles. The Morgan fingerprint density at radius 1 is 0.931 bits per heavy atom. The van der Waals surface area contributed by atoms with Gasteiger partial charge in [-0.1, -0.05) is 30.3 Å². The van der Waals surface area contributed by atoms with Crippen molar-refractivity contribution >= 4 is 16.9 Å². The first-order valence-electron chi connectivity index (χ1n) is 9.26. The summed E-state index contributed by atoms with van der Waals surface area (Å²) >= 11 is 0. The van der Waals surface area contributed by atoms with Crippen molar-refractivity contribution in [2.24, 2.45) is 0 Å². The van der Waals surface area contributed by atoms with E-state index in [0.29, 0.717) is 40.7 Å². The molecular formula is C24H15F2NO2. The number of carboxylic acids is 1. The number of hydrogen-bond acceptors (Lipinski definition) is 2. The summed E-state index contributed by atoms with van der Waals surface area (Å²) in [4.78, 5) is 16.6. The molecule has 4 aromatic rings. The van der Waals surface area contributed by atoms with E-state index in [1.165, 1.54) is 24.3 Å². The minimum atomic E-state index is -1.14. The summed E-state index contributed by atoms with van der Waals surface area (Å²) in [5.41, 5.74) is 4.21. The molecule has 0 atom stereocenters. The third-order valence-corrected chi connectivity index (χ3v) is 5.44. The molecule has 29 heavy (non-hydrogen) atoms. The standard InChI is InChI=1S/C24H15F2NO2/c25-15-7-9-21-19(11-15)22(24(28)29)16-8-6-14-10-17(13-4-2-1-3-5-13)20(26)12-18(14)23(16)27-21/h1-5,7,9-12H,6,8H2,(H,28,29). The molecule has 0 aliphatic heterocycles. The zero-order chi connectivity index (χ0) is 20.1. The minimum Gasteiger partial charge on any atom is -0.478 e. The monoisotopic (exact) mass is 387 g/mol. The number of carboxylic acid groups (broad SMARTS) is 1. The number of carbonyl (C=O) groups is 1. The van der Waals surface area contributed by atoms with Crippen LogP contribution in [0.25, 0.3) is 33.3 Å². The zero-order valence-electron chi connectivity index (χ0n) is 15.2. The number of halogens is 2. The van der Waals surface area contributed by atoms with Crippen molar-refractivity contribution in [3.8, 4) is 22.4 Å². The maximum atomic E-state index is 15.0. The van der Waals surface area contributed by atoms with E-state index in [1.807, 2.05) is 36.4 Å². The Morgan fingerprint density at radius 2 is 1.72 bits per heavy atom. The van der Waals surface area contributed by atoms with Crippen molar-refractivity contribution in [1.82, 2.24) is 4.98 Å². The number of hydrogen-bond donors (Lipinski definition) is 1. The molecule has 1 heterocycles. The van der Waals surface area contributed by atoms with Crippen LogP contribution in [0.1, 0.15) is 21.5 Å². The van der Waals surface area contributed by atoms with Gasteiger partial charge in [0.2, 0.25) is 0 Å². The molecule has 0 amide bonds. The molecular weight excluding hydrogens is 372 g/mol. The number of benzene rings is 3. The Morgan fingerprint density at radius 3 is 2.48 bits per heavy atom. The van der Waals surface area contributed by atoms with Crippen LogP contribution in [0.15, 0.2) is 60.7 Å². The van der Waals surface area contributed by atoms with E-state index in [1.54, 1.807) is 0 Å². The number of nitrogens with zero attached hydrogens (tertiary/aromatic N) is 1. The summed E-state index contributed by atoms with van der Waals surface area (Å²) in [6.45, 7) is 0. The number of aryl methyl sites for hydroxylation is 1. The average molecular weight is 387 g/mol. The lowest BCUT2D eigenvalue weighted by molar-refractivity contribution is 0.0698.